The molecule has 1 aliphatic heterocycles. The first-order chi connectivity index (χ1) is 7.63. The van der Waals surface area contributed by atoms with E-state index >= 15 is 0 Å². The van der Waals surface area contributed by atoms with Crippen LogP contribution in [0.25, 0.3) is 0 Å². The predicted molar refractivity (Wildman–Crippen MR) is 61.1 cm³/mol. The van der Waals surface area contributed by atoms with Gasteiger partial charge in [-0.2, -0.15) is 0 Å². The highest BCUT2D eigenvalue weighted by Crippen LogP contribution is 2.28. The van der Waals surface area contributed by atoms with Crippen molar-refractivity contribution in [2.75, 3.05) is 12.4 Å². The Hall–Kier alpha value is -1.84. The lowest BCUT2D eigenvalue weighted by molar-refractivity contribution is -0.132. The summed E-state index contributed by atoms with van der Waals surface area (Å²) in [7, 11) is 1.54. The Kier molecular flexibility index (Phi) is 2.64. The summed E-state index contributed by atoms with van der Waals surface area (Å²) in [6, 6.07) is 5.74. The molecule has 4 nitrogen and oxygen atoms in total. The summed E-state index contributed by atoms with van der Waals surface area (Å²) in [5, 5.41) is 5.28. The quantitative estimate of drug-likeness (QED) is 0.687. The third-order valence-electron chi connectivity index (χ3n) is 2.96. The van der Waals surface area contributed by atoms with Crippen LogP contribution >= 0.6 is 0 Å². The second kappa shape index (κ2) is 3.96. The van der Waals surface area contributed by atoms with Crippen LogP contribution in [0.5, 0.6) is 0 Å². The smallest absolute Gasteiger partial charge is 0.237 e. The summed E-state index contributed by atoms with van der Waals surface area (Å²) in [6.45, 7) is 1.98. The molecule has 2 rings (SSSR count). The van der Waals surface area contributed by atoms with E-state index in [1.807, 2.05) is 25.1 Å². The van der Waals surface area contributed by atoms with Gasteiger partial charge in [-0.05, 0) is 30.5 Å². The van der Waals surface area contributed by atoms with Gasteiger partial charge in [0.2, 0.25) is 11.8 Å². The second-order valence-electron chi connectivity index (χ2n) is 3.96. The molecule has 2 amide bonds. The molecule has 1 heterocycles. The Balaban J connectivity index is 2.37. The number of carbonyl (C=O) groups excluding carboxylic acids is 2. The molecule has 84 valence electrons. The van der Waals surface area contributed by atoms with Gasteiger partial charge in [0.15, 0.2) is 0 Å². The van der Waals surface area contributed by atoms with Crippen molar-refractivity contribution in [3.05, 3.63) is 29.3 Å². The molecule has 1 aromatic rings. The van der Waals surface area contributed by atoms with Gasteiger partial charge >= 0.3 is 0 Å². The third kappa shape index (κ3) is 1.66. The number of amides is 2. The van der Waals surface area contributed by atoms with Gasteiger partial charge < -0.3 is 10.6 Å². The molecule has 0 radical (unpaired) electrons. The highest BCUT2D eigenvalue weighted by molar-refractivity contribution is 6.08. The standard InChI is InChI=1S/C12H14N2O2/c1-7-4-3-5-10-8(7)6-9(11(15)13-2)12(16)14-10/h3-5,9H,6H2,1-2H3,(H,13,15)(H,14,16). The van der Waals surface area contributed by atoms with Crippen molar-refractivity contribution in [3.63, 3.8) is 0 Å². The van der Waals surface area contributed by atoms with Crippen molar-refractivity contribution >= 4 is 17.5 Å². The Morgan fingerprint density at radius 2 is 2.25 bits per heavy atom. The van der Waals surface area contributed by atoms with Crippen molar-refractivity contribution in [1.82, 2.24) is 5.32 Å². The fraction of sp³-hybridized carbons (Fsp3) is 0.333. The van der Waals surface area contributed by atoms with Crippen LogP contribution < -0.4 is 10.6 Å². The number of fused-ring (bicyclic) bond motifs is 1. The lowest BCUT2D eigenvalue weighted by Crippen LogP contribution is -2.40. The lowest BCUT2D eigenvalue weighted by atomic mass is 9.90. The normalized spacial score (nSPS) is 18.6. The van der Waals surface area contributed by atoms with Gasteiger partial charge in [0.1, 0.15) is 5.92 Å². The number of nitrogens with one attached hydrogen (secondary N) is 2. The van der Waals surface area contributed by atoms with Crippen molar-refractivity contribution in [2.24, 2.45) is 5.92 Å². The van der Waals surface area contributed by atoms with E-state index in [1.165, 1.54) is 0 Å². The Bertz CT molecular complexity index is 454. The van der Waals surface area contributed by atoms with Crippen LogP contribution in [0.4, 0.5) is 5.69 Å². The number of benzene rings is 1. The van der Waals surface area contributed by atoms with Gasteiger partial charge in [-0.1, -0.05) is 12.1 Å². The first kappa shape index (κ1) is 10.7. The number of hydrogen-bond donors (Lipinski definition) is 2. The van der Waals surface area contributed by atoms with E-state index in [2.05, 4.69) is 10.6 Å². The van der Waals surface area contributed by atoms with Gasteiger partial charge in [0.25, 0.3) is 0 Å². The number of anilines is 1. The van der Waals surface area contributed by atoms with Crippen LogP contribution in [0.3, 0.4) is 0 Å². The molecule has 0 aromatic heterocycles. The number of rotatable bonds is 1. The van der Waals surface area contributed by atoms with E-state index in [0.717, 1.165) is 16.8 Å². The van der Waals surface area contributed by atoms with Crippen molar-refractivity contribution in [1.29, 1.82) is 0 Å². The monoisotopic (exact) mass is 218 g/mol. The van der Waals surface area contributed by atoms with Crippen LogP contribution in [0.15, 0.2) is 18.2 Å². The highest BCUT2D eigenvalue weighted by atomic mass is 16.2. The molecular formula is C12H14N2O2. The molecule has 1 unspecified atom stereocenters. The van der Waals surface area contributed by atoms with Crippen LogP contribution in [0.1, 0.15) is 11.1 Å². The maximum absolute atomic E-state index is 11.7. The molecule has 0 spiro atoms. The summed E-state index contributed by atoms with van der Waals surface area (Å²) in [4.78, 5) is 23.2. The molecule has 2 N–H and O–H groups in total. The van der Waals surface area contributed by atoms with Gasteiger partial charge in [-0.15, -0.1) is 0 Å². The molecule has 1 atom stereocenters. The van der Waals surface area contributed by atoms with E-state index < -0.39 is 5.92 Å². The Morgan fingerprint density at radius 3 is 2.94 bits per heavy atom. The molecule has 0 saturated heterocycles. The minimum Gasteiger partial charge on any atom is -0.358 e. The zero-order valence-corrected chi connectivity index (χ0v) is 9.33. The van der Waals surface area contributed by atoms with Crippen LogP contribution in [-0.2, 0) is 16.0 Å². The van der Waals surface area contributed by atoms with Gasteiger partial charge in [0.05, 0.1) is 0 Å². The summed E-state index contributed by atoms with van der Waals surface area (Å²) >= 11 is 0. The van der Waals surface area contributed by atoms with Crippen LogP contribution in [0.2, 0.25) is 0 Å². The van der Waals surface area contributed by atoms with Gasteiger partial charge in [-0.25, -0.2) is 0 Å². The largest absolute Gasteiger partial charge is 0.358 e. The predicted octanol–water partition coefficient (Wildman–Crippen LogP) is 0.852. The minimum atomic E-state index is -0.612. The fourth-order valence-electron chi connectivity index (χ4n) is 1.99. The topological polar surface area (TPSA) is 58.2 Å². The van der Waals surface area contributed by atoms with Crippen LogP contribution in [-0.4, -0.2) is 18.9 Å². The molecule has 0 fully saturated rings. The number of aryl methyl sites for hydroxylation is 1. The highest BCUT2D eigenvalue weighted by Gasteiger charge is 2.31. The third-order valence-corrected chi connectivity index (χ3v) is 2.96. The molecule has 1 aliphatic rings. The maximum Gasteiger partial charge on any atom is 0.237 e. The van der Waals surface area contributed by atoms with Crippen molar-refractivity contribution in [2.45, 2.75) is 13.3 Å². The van der Waals surface area contributed by atoms with E-state index in [0.29, 0.717) is 6.42 Å². The van der Waals surface area contributed by atoms with E-state index in [9.17, 15) is 9.59 Å². The number of hydrogen-bond acceptors (Lipinski definition) is 2. The lowest BCUT2D eigenvalue weighted by Gasteiger charge is -2.24. The first-order valence-corrected chi connectivity index (χ1v) is 5.24. The average Bonchev–Trinajstić information content (AvgIpc) is 2.28. The first-order valence-electron chi connectivity index (χ1n) is 5.24. The molecule has 0 saturated carbocycles. The van der Waals surface area contributed by atoms with E-state index in [-0.39, 0.29) is 11.8 Å². The molecule has 4 heteroatoms. The zero-order valence-electron chi connectivity index (χ0n) is 9.33. The molecule has 16 heavy (non-hydrogen) atoms. The Morgan fingerprint density at radius 1 is 1.50 bits per heavy atom. The summed E-state index contributed by atoms with van der Waals surface area (Å²) in [6.07, 6.45) is 0.480. The Labute approximate surface area is 94.0 Å². The minimum absolute atomic E-state index is 0.225. The zero-order chi connectivity index (χ0) is 11.7. The van der Waals surface area contributed by atoms with Crippen molar-refractivity contribution < 1.29 is 9.59 Å². The molecule has 0 aliphatic carbocycles. The summed E-state index contributed by atoms with van der Waals surface area (Å²) < 4.78 is 0. The molecular weight excluding hydrogens is 204 g/mol. The van der Waals surface area contributed by atoms with Crippen LogP contribution in [0, 0.1) is 12.8 Å². The summed E-state index contributed by atoms with van der Waals surface area (Å²) in [5.41, 5.74) is 2.98. The van der Waals surface area contributed by atoms with Crippen molar-refractivity contribution in [3.8, 4) is 0 Å². The van der Waals surface area contributed by atoms with E-state index in [1.54, 1.807) is 7.05 Å². The van der Waals surface area contributed by atoms with E-state index in [4.69, 9.17) is 0 Å². The van der Waals surface area contributed by atoms with Gasteiger partial charge in [-0.3, -0.25) is 9.59 Å². The molecule has 1 aromatic carbocycles. The maximum atomic E-state index is 11.7. The number of carbonyl (C=O) groups is 2. The van der Waals surface area contributed by atoms with Gasteiger partial charge in [0, 0.05) is 12.7 Å². The summed E-state index contributed by atoms with van der Waals surface area (Å²) in [5.74, 6) is -1.07. The SMILES string of the molecule is CNC(=O)C1Cc2c(C)cccc2NC1=O. The molecule has 0 bridgehead atoms. The second-order valence-corrected chi connectivity index (χ2v) is 3.96. The average molecular weight is 218 g/mol. The fourth-order valence-corrected chi connectivity index (χ4v) is 1.99.